The van der Waals surface area contributed by atoms with E-state index in [2.05, 4.69) is 21.5 Å². The van der Waals surface area contributed by atoms with Crippen molar-refractivity contribution < 1.29 is 13.5 Å². The minimum absolute atomic E-state index is 0.0241. The molecule has 21 heavy (non-hydrogen) atoms. The number of aliphatic hydroxyl groups is 1. The molecule has 0 unspecified atom stereocenters. The Hall–Kier alpha value is -1.07. The lowest BCUT2D eigenvalue weighted by Crippen LogP contribution is -2.36. The second-order valence-electron chi connectivity index (χ2n) is 4.97. The first-order valence-electron chi connectivity index (χ1n) is 6.40. The molecule has 0 bridgehead atoms. The number of aromatic nitrogens is 1. The third-order valence-corrected chi connectivity index (χ3v) is 5.35. The van der Waals surface area contributed by atoms with Crippen LogP contribution in [0.1, 0.15) is 25.8 Å². The largest absolute Gasteiger partial charge is 0.395 e. The zero-order valence-corrected chi connectivity index (χ0v) is 14.0. The zero-order chi connectivity index (χ0) is 15.9. The molecule has 0 amide bonds. The van der Waals surface area contributed by atoms with Crippen LogP contribution in [0.2, 0.25) is 0 Å². The van der Waals surface area contributed by atoms with Crippen LogP contribution in [0, 0.1) is 11.8 Å². The Balaban J connectivity index is 2.89. The van der Waals surface area contributed by atoms with Gasteiger partial charge < -0.3 is 5.11 Å². The molecule has 0 radical (unpaired) electrons. The van der Waals surface area contributed by atoms with E-state index in [0.29, 0.717) is 18.5 Å². The third kappa shape index (κ3) is 6.06. The Labute approximate surface area is 130 Å². The molecule has 1 aromatic heterocycles. The Morgan fingerprint density at radius 2 is 2.14 bits per heavy atom. The fourth-order valence-corrected chi connectivity index (χ4v) is 2.79. The number of rotatable bonds is 6. The van der Waals surface area contributed by atoms with Crippen molar-refractivity contribution in [1.29, 1.82) is 0 Å². The highest BCUT2D eigenvalue weighted by atomic mass is 32.2. The smallest absolute Gasteiger partial charge is 0.242 e. The standard InChI is InChI=1S/C14H20N2O3S2/c1-14(2,20-3)11-16-21(18,19)13-8-12(9-15-10-13)6-4-5-7-17/h8-10,16-17H,5,7,11H2,1-3H3. The number of sulfonamides is 1. The van der Waals surface area contributed by atoms with Crippen LogP contribution in [0.5, 0.6) is 0 Å². The van der Waals surface area contributed by atoms with Gasteiger partial charge in [-0.2, -0.15) is 11.8 Å². The van der Waals surface area contributed by atoms with Crippen molar-refractivity contribution in [2.45, 2.75) is 29.9 Å². The molecule has 1 rings (SSSR count). The fourth-order valence-electron chi connectivity index (χ4n) is 1.28. The van der Waals surface area contributed by atoms with Gasteiger partial charge in [-0.05, 0) is 26.2 Å². The summed E-state index contributed by atoms with van der Waals surface area (Å²) in [5.41, 5.74) is 0.510. The Morgan fingerprint density at radius 3 is 2.76 bits per heavy atom. The number of nitrogens with zero attached hydrogens (tertiary/aromatic N) is 1. The Morgan fingerprint density at radius 1 is 1.43 bits per heavy atom. The second-order valence-corrected chi connectivity index (χ2v) is 8.25. The quantitative estimate of drug-likeness (QED) is 0.768. The molecule has 1 heterocycles. The van der Waals surface area contributed by atoms with E-state index >= 15 is 0 Å². The summed E-state index contributed by atoms with van der Waals surface area (Å²) in [4.78, 5) is 4.00. The summed E-state index contributed by atoms with van der Waals surface area (Å²) in [7, 11) is -3.60. The van der Waals surface area contributed by atoms with Gasteiger partial charge in [0.05, 0.1) is 6.61 Å². The van der Waals surface area contributed by atoms with Gasteiger partial charge in [0, 0.05) is 35.7 Å². The lowest BCUT2D eigenvalue weighted by molar-refractivity contribution is 0.305. The van der Waals surface area contributed by atoms with E-state index in [0.717, 1.165) is 0 Å². The van der Waals surface area contributed by atoms with E-state index in [9.17, 15) is 8.42 Å². The summed E-state index contributed by atoms with van der Waals surface area (Å²) in [5.74, 6) is 5.51. The molecule has 0 saturated carbocycles. The van der Waals surface area contributed by atoms with Gasteiger partial charge in [-0.1, -0.05) is 11.8 Å². The van der Waals surface area contributed by atoms with Crippen molar-refractivity contribution in [3.05, 3.63) is 24.0 Å². The lowest BCUT2D eigenvalue weighted by atomic mass is 10.2. The monoisotopic (exact) mass is 328 g/mol. The highest BCUT2D eigenvalue weighted by Crippen LogP contribution is 2.20. The van der Waals surface area contributed by atoms with Crippen molar-refractivity contribution in [2.24, 2.45) is 0 Å². The van der Waals surface area contributed by atoms with Crippen molar-refractivity contribution in [1.82, 2.24) is 9.71 Å². The van der Waals surface area contributed by atoms with Gasteiger partial charge in [-0.3, -0.25) is 4.98 Å². The molecule has 0 saturated heterocycles. The summed E-state index contributed by atoms with van der Waals surface area (Å²) in [5, 5.41) is 8.67. The van der Waals surface area contributed by atoms with E-state index in [1.807, 2.05) is 20.1 Å². The van der Waals surface area contributed by atoms with Gasteiger partial charge in [-0.25, -0.2) is 13.1 Å². The molecular formula is C14H20N2O3S2. The average Bonchev–Trinajstić information content (AvgIpc) is 2.46. The van der Waals surface area contributed by atoms with Gasteiger partial charge in [0.15, 0.2) is 0 Å². The molecular weight excluding hydrogens is 308 g/mol. The van der Waals surface area contributed by atoms with Crippen molar-refractivity contribution in [3.63, 3.8) is 0 Å². The van der Waals surface area contributed by atoms with E-state index < -0.39 is 10.0 Å². The minimum Gasteiger partial charge on any atom is -0.395 e. The van der Waals surface area contributed by atoms with Crippen LogP contribution in [-0.4, -0.2) is 42.7 Å². The van der Waals surface area contributed by atoms with Crippen LogP contribution in [0.4, 0.5) is 0 Å². The minimum atomic E-state index is -3.60. The zero-order valence-electron chi connectivity index (χ0n) is 12.4. The molecule has 0 aliphatic heterocycles. The molecule has 2 N–H and O–H groups in total. The van der Waals surface area contributed by atoms with Crippen LogP contribution < -0.4 is 4.72 Å². The highest BCUT2D eigenvalue weighted by molar-refractivity contribution is 8.00. The molecule has 0 aromatic carbocycles. The van der Waals surface area contributed by atoms with Crippen molar-refractivity contribution in [2.75, 3.05) is 19.4 Å². The van der Waals surface area contributed by atoms with Gasteiger partial charge >= 0.3 is 0 Å². The Kier molecular flexibility index (Phi) is 6.68. The van der Waals surface area contributed by atoms with Gasteiger partial charge in [-0.15, -0.1) is 0 Å². The first kappa shape index (κ1) is 18.0. The van der Waals surface area contributed by atoms with E-state index in [4.69, 9.17) is 5.11 Å². The molecule has 0 aliphatic carbocycles. The lowest BCUT2D eigenvalue weighted by Gasteiger charge is -2.22. The highest BCUT2D eigenvalue weighted by Gasteiger charge is 2.21. The summed E-state index contributed by atoms with van der Waals surface area (Å²) in [6.07, 6.45) is 5.07. The maximum Gasteiger partial charge on any atom is 0.242 e. The van der Waals surface area contributed by atoms with Crippen LogP contribution in [0.15, 0.2) is 23.4 Å². The SMILES string of the molecule is CSC(C)(C)CNS(=O)(=O)c1cncc(C#CCCO)c1. The molecule has 0 atom stereocenters. The van der Waals surface area contributed by atoms with Gasteiger partial charge in [0.1, 0.15) is 4.90 Å². The van der Waals surface area contributed by atoms with Crippen LogP contribution in [-0.2, 0) is 10.0 Å². The summed E-state index contributed by atoms with van der Waals surface area (Å²) in [6.45, 7) is 4.24. The van der Waals surface area contributed by atoms with E-state index in [1.54, 1.807) is 11.8 Å². The van der Waals surface area contributed by atoms with Crippen LogP contribution >= 0.6 is 11.8 Å². The van der Waals surface area contributed by atoms with Crippen LogP contribution in [0.3, 0.4) is 0 Å². The first-order valence-corrected chi connectivity index (χ1v) is 9.11. The maximum absolute atomic E-state index is 12.2. The van der Waals surface area contributed by atoms with E-state index in [1.165, 1.54) is 18.5 Å². The molecule has 7 heteroatoms. The van der Waals surface area contributed by atoms with Crippen molar-refractivity contribution >= 4 is 21.8 Å². The van der Waals surface area contributed by atoms with Crippen molar-refractivity contribution in [3.8, 4) is 11.8 Å². The first-order chi connectivity index (χ1) is 9.80. The average molecular weight is 328 g/mol. The fraction of sp³-hybridized carbons (Fsp3) is 0.500. The molecule has 5 nitrogen and oxygen atoms in total. The molecule has 0 spiro atoms. The Bertz CT molecular complexity index is 631. The number of thioether (sulfide) groups is 1. The number of pyridine rings is 1. The third-order valence-electron chi connectivity index (χ3n) is 2.73. The van der Waals surface area contributed by atoms with Gasteiger partial charge in [0.25, 0.3) is 0 Å². The maximum atomic E-state index is 12.2. The van der Waals surface area contributed by atoms with Gasteiger partial charge in [0.2, 0.25) is 10.0 Å². The normalized spacial score (nSPS) is 11.8. The number of hydrogen-bond donors (Lipinski definition) is 2. The summed E-state index contributed by atoms with van der Waals surface area (Å²) in [6, 6.07) is 1.48. The second kappa shape index (κ2) is 7.80. The van der Waals surface area contributed by atoms with E-state index in [-0.39, 0.29) is 16.2 Å². The number of aliphatic hydroxyl groups excluding tert-OH is 1. The molecule has 0 fully saturated rings. The number of hydrogen-bond acceptors (Lipinski definition) is 5. The summed E-state index contributed by atoms with van der Waals surface area (Å²) < 4.78 is 26.9. The predicted octanol–water partition coefficient (Wildman–Crippen LogP) is 1.24. The molecule has 116 valence electrons. The predicted molar refractivity (Wildman–Crippen MR) is 85.6 cm³/mol. The summed E-state index contributed by atoms with van der Waals surface area (Å²) >= 11 is 1.59. The molecule has 0 aliphatic rings. The molecule has 1 aromatic rings. The number of nitrogens with one attached hydrogen (secondary N) is 1. The topological polar surface area (TPSA) is 79.3 Å². The van der Waals surface area contributed by atoms with Crippen LogP contribution in [0.25, 0.3) is 0 Å².